The number of rotatable bonds is 4. The van der Waals surface area contributed by atoms with Gasteiger partial charge in [-0.2, -0.15) is 5.26 Å². The fraction of sp³-hybridized carbons (Fsp3) is 0. The van der Waals surface area contributed by atoms with E-state index in [0.29, 0.717) is 5.56 Å². The van der Waals surface area contributed by atoms with Crippen LogP contribution in [0.5, 0.6) is 0 Å². The lowest BCUT2D eigenvalue weighted by Gasteiger charge is -2.16. The van der Waals surface area contributed by atoms with Crippen LogP contribution in [0.4, 0.5) is 0 Å². The van der Waals surface area contributed by atoms with Crippen molar-refractivity contribution in [2.75, 3.05) is 0 Å². The average Bonchev–Trinajstić information content (AvgIpc) is 3.69. The van der Waals surface area contributed by atoms with E-state index in [1.165, 1.54) is 51.5 Å². The lowest BCUT2D eigenvalue weighted by molar-refractivity contribution is 1.47. The van der Waals surface area contributed by atoms with Crippen LogP contribution >= 0.6 is 22.7 Å². The molecule has 0 unspecified atom stereocenters. The first-order valence-corrected chi connectivity index (χ1v) is 16.9. The minimum Gasteiger partial charge on any atom is -0.192 e. The quantitative estimate of drug-likeness (QED) is 0.192. The molecule has 0 saturated heterocycles. The standard InChI is InChI=1S/C43H25NS2/c44-26-29-12-8-15-33(27-10-2-1-3-11-27)42(29)32-23-30(28-20-21-36-35-13-4-6-17-38(35)46-41(36)25-28)22-31(24-32)34-16-9-19-40-43(34)37-14-5-7-18-39(37)45-40/h1-25H. The van der Waals surface area contributed by atoms with E-state index in [1.54, 1.807) is 0 Å². The molecule has 7 aromatic carbocycles. The van der Waals surface area contributed by atoms with Gasteiger partial charge in [-0.3, -0.25) is 0 Å². The summed E-state index contributed by atoms with van der Waals surface area (Å²) < 4.78 is 5.15. The molecule has 0 saturated carbocycles. The summed E-state index contributed by atoms with van der Waals surface area (Å²) in [7, 11) is 0. The minimum absolute atomic E-state index is 0.670. The molecule has 0 aliphatic rings. The number of hydrogen-bond donors (Lipinski definition) is 0. The fourth-order valence-electron chi connectivity index (χ4n) is 6.83. The van der Waals surface area contributed by atoms with Gasteiger partial charge in [-0.1, -0.05) is 103 Å². The zero-order valence-electron chi connectivity index (χ0n) is 24.7. The average molecular weight is 620 g/mol. The van der Waals surface area contributed by atoms with E-state index in [1.807, 2.05) is 40.9 Å². The molecule has 0 aliphatic carbocycles. The highest BCUT2D eigenvalue weighted by Gasteiger charge is 2.18. The summed E-state index contributed by atoms with van der Waals surface area (Å²) in [5, 5.41) is 15.5. The van der Waals surface area contributed by atoms with Crippen LogP contribution < -0.4 is 0 Å². The second-order valence-electron chi connectivity index (χ2n) is 11.6. The number of thiophene rings is 2. The van der Waals surface area contributed by atoms with Crippen molar-refractivity contribution in [2.24, 2.45) is 0 Å². The van der Waals surface area contributed by atoms with E-state index in [4.69, 9.17) is 0 Å². The maximum atomic E-state index is 10.4. The van der Waals surface area contributed by atoms with Crippen LogP contribution in [0, 0.1) is 11.3 Å². The molecule has 0 amide bonds. The first-order valence-electron chi connectivity index (χ1n) is 15.3. The Bertz CT molecular complexity index is 2650. The van der Waals surface area contributed by atoms with Crippen molar-refractivity contribution >= 4 is 63.0 Å². The molecule has 46 heavy (non-hydrogen) atoms. The highest BCUT2D eigenvalue weighted by Crippen LogP contribution is 2.44. The summed E-state index contributed by atoms with van der Waals surface area (Å²) in [6, 6.07) is 56.7. The molecule has 0 aliphatic heterocycles. The largest absolute Gasteiger partial charge is 0.192 e. The Labute approximate surface area is 274 Å². The summed E-state index contributed by atoms with van der Waals surface area (Å²) in [5.41, 5.74) is 9.47. The predicted octanol–water partition coefficient (Wildman–Crippen LogP) is 13.0. The second-order valence-corrected chi connectivity index (χ2v) is 13.8. The Morgan fingerprint density at radius 3 is 1.87 bits per heavy atom. The third-order valence-electron chi connectivity index (χ3n) is 8.92. The number of nitrogens with zero attached hydrogens (tertiary/aromatic N) is 1. The van der Waals surface area contributed by atoms with E-state index >= 15 is 0 Å². The van der Waals surface area contributed by atoms with Crippen LogP contribution in [0.3, 0.4) is 0 Å². The first kappa shape index (κ1) is 26.8. The van der Waals surface area contributed by atoms with Gasteiger partial charge in [0, 0.05) is 45.9 Å². The number of fused-ring (bicyclic) bond motifs is 6. The van der Waals surface area contributed by atoms with E-state index in [9.17, 15) is 5.26 Å². The highest BCUT2D eigenvalue weighted by atomic mass is 32.1. The fourth-order valence-corrected chi connectivity index (χ4v) is 9.11. The molecule has 2 heterocycles. The molecule has 0 atom stereocenters. The monoisotopic (exact) mass is 619 g/mol. The number of hydrogen-bond acceptors (Lipinski definition) is 3. The van der Waals surface area contributed by atoms with Crippen molar-refractivity contribution in [2.45, 2.75) is 0 Å². The van der Waals surface area contributed by atoms with Crippen LogP contribution in [0.2, 0.25) is 0 Å². The van der Waals surface area contributed by atoms with Crippen LogP contribution in [0.1, 0.15) is 5.56 Å². The van der Waals surface area contributed by atoms with Crippen LogP contribution in [-0.2, 0) is 0 Å². The van der Waals surface area contributed by atoms with Crippen molar-refractivity contribution in [1.82, 2.24) is 0 Å². The van der Waals surface area contributed by atoms with Gasteiger partial charge < -0.3 is 0 Å². The van der Waals surface area contributed by atoms with Crippen molar-refractivity contribution in [3.05, 3.63) is 157 Å². The number of benzene rings is 7. The van der Waals surface area contributed by atoms with Gasteiger partial charge in [0.15, 0.2) is 0 Å². The molecule has 9 rings (SSSR count). The van der Waals surface area contributed by atoms with Crippen molar-refractivity contribution < 1.29 is 0 Å². The van der Waals surface area contributed by atoms with Gasteiger partial charge >= 0.3 is 0 Å². The van der Waals surface area contributed by atoms with Gasteiger partial charge in [0.25, 0.3) is 0 Å². The second kappa shape index (κ2) is 10.8. The Morgan fingerprint density at radius 2 is 1.02 bits per heavy atom. The van der Waals surface area contributed by atoms with E-state index in [0.717, 1.165) is 33.4 Å². The van der Waals surface area contributed by atoms with Crippen molar-refractivity contribution in [1.29, 1.82) is 5.26 Å². The molecule has 3 heteroatoms. The van der Waals surface area contributed by atoms with E-state index < -0.39 is 0 Å². The topological polar surface area (TPSA) is 23.8 Å². The molecule has 9 aromatic rings. The molecule has 214 valence electrons. The summed E-state index contributed by atoms with van der Waals surface area (Å²) >= 11 is 3.68. The van der Waals surface area contributed by atoms with Crippen LogP contribution in [0.25, 0.3) is 84.9 Å². The van der Waals surface area contributed by atoms with Gasteiger partial charge in [-0.25, -0.2) is 0 Å². The highest BCUT2D eigenvalue weighted by molar-refractivity contribution is 7.26. The van der Waals surface area contributed by atoms with Gasteiger partial charge in [0.05, 0.1) is 11.6 Å². The Kier molecular flexibility index (Phi) is 6.31. The third kappa shape index (κ3) is 4.35. The SMILES string of the molecule is N#Cc1cccc(-c2ccccc2)c1-c1cc(-c2ccc3c(c2)sc2ccccc23)cc(-c2cccc3sc4ccccc4c23)c1. The Morgan fingerprint density at radius 1 is 0.391 bits per heavy atom. The first-order chi connectivity index (χ1) is 22.7. The lowest BCUT2D eigenvalue weighted by Crippen LogP contribution is -1.92. The minimum atomic E-state index is 0.670. The van der Waals surface area contributed by atoms with E-state index in [-0.39, 0.29) is 0 Å². The molecule has 0 radical (unpaired) electrons. The summed E-state index contributed by atoms with van der Waals surface area (Å²) in [5.74, 6) is 0. The zero-order chi connectivity index (χ0) is 30.6. The Balaban J connectivity index is 1.35. The Hall–Kier alpha value is -5.53. The van der Waals surface area contributed by atoms with Crippen molar-refractivity contribution in [3.63, 3.8) is 0 Å². The third-order valence-corrected chi connectivity index (χ3v) is 11.2. The number of nitriles is 1. The van der Waals surface area contributed by atoms with Gasteiger partial charge in [0.1, 0.15) is 0 Å². The van der Waals surface area contributed by atoms with Crippen molar-refractivity contribution in [3.8, 4) is 50.6 Å². The summed E-state index contributed by atoms with van der Waals surface area (Å²) in [6.07, 6.45) is 0. The summed E-state index contributed by atoms with van der Waals surface area (Å²) in [4.78, 5) is 0. The maximum absolute atomic E-state index is 10.4. The smallest absolute Gasteiger partial charge is 0.0998 e. The molecule has 1 nitrogen and oxygen atoms in total. The maximum Gasteiger partial charge on any atom is 0.0998 e. The normalized spacial score (nSPS) is 11.5. The van der Waals surface area contributed by atoms with Crippen LogP contribution in [-0.4, -0.2) is 0 Å². The molecular weight excluding hydrogens is 595 g/mol. The molecular formula is C43H25NS2. The lowest BCUT2D eigenvalue weighted by atomic mass is 9.86. The molecule has 2 aromatic heterocycles. The predicted molar refractivity (Wildman–Crippen MR) is 199 cm³/mol. The molecule has 0 bridgehead atoms. The summed E-state index contributed by atoms with van der Waals surface area (Å²) in [6.45, 7) is 0. The zero-order valence-corrected chi connectivity index (χ0v) is 26.3. The molecule has 0 N–H and O–H groups in total. The molecule has 0 spiro atoms. The van der Waals surface area contributed by atoms with Crippen LogP contribution in [0.15, 0.2) is 152 Å². The molecule has 0 fully saturated rings. The van der Waals surface area contributed by atoms with Gasteiger partial charge in [-0.05, 0) is 87.5 Å². The van der Waals surface area contributed by atoms with Gasteiger partial charge in [0.2, 0.25) is 0 Å². The van der Waals surface area contributed by atoms with E-state index in [2.05, 4.69) is 140 Å². The van der Waals surface area contributed by atoms with Gasteiger partial charge in [-0.15, -0.1) is 22.7 Å².